The number of azide groups is 1. The maximum atomic E-state index is 8.85. The molecule has 0 aliphatic carbocycles. The fourth-order valence-electron chi connectivity index (χ4n) is 0.986. The lowest BCUT2D eigenvalue weighted by atomic mass is 10.2. The Bertz CT molecular complexity index is 445. The molecule has 0 atom stereocenters. The minimum absolute atomic E-state index is 0.222. The fraction of sp³-hybridized carbons (Fsp3) is 0.125. The van der Waals surface area contributed by atoms with E-state index in [1.807, 2.05) is 6.07 Å². The second kappa shape index (κ2) is 4.51. The van der Waals surface area contributed by atoms with Crippen LogP contribution in [0.25, 0.3) is 10.4 Å². The Labute approximate surface area is 88.7 Å². The molecule has 0 bridgehead atoms. The zero-order valence-corrected chi connectivity index (χ0v) is 8.82. The van der Waals surface area contributed by atoms with E-state index in [2.05, 4.69) is 26.0 Å². The highest BCUT2D eigenvalue weighted by atomic mass is 79.9. The number of hydrogen-bond donors (Lipinski definition) is 0. The summed E-state index contributed by atoms with van der Waals surface area (Å²) in [6.45, 7) is 0. The lowest BCUT2D eigenvalue weighted by Gasteiger charge is -2.06. The topological polar surface area (TPSA) is 81.8 Å². The molecule has 0 aliphatic heterocycles. The van der Waals surface area contributed by atoms with Crippen LogP contribution in [0, 0.1) is 11.3 Å². The van der Waals surface area contributed by atoms with Crippen molar-refractivity contribution in [1.29, 1.82) is 5.26 Å². The number of ether oxygens (including phenoxy) is 1. The molecule has 70 valence electrons. The minimum atomic E-state index is 0.222. The molecular weight excluding hydrogens is 248 g/mol. The number of benzene rings is 1. The summed E-state index contributed by atoms with van der Waals surface area (Å²) in [5, 5.41) is 12.2. The number of methoxy groups -OCH3 is 1. The first-order valence-electron chi connectivity index (χ1n) is 3.56. The molecule has 1 rings (SSSR count). The SMILES string of the molecule is COc1c(Br)ccc(N=[N+]=[N-])c1C#N. The molecule has 0 unspecified atom stereocenters. The number of rotatable bonds is 2. The van der Waals surface area contributed by atoms with Crippen molar-refractivity contribution in [1.82, 2.24) is 0 Å². The number of hydrogen-bond acceptors (Lipinski definition) is 3. The van der Waals surface area contributed by atoms with E-state index in [0.29, 0.717) is 10.2 Å². The standard InChI is InChI=1S/C8H5BrN4O/c1-14-8-5(4-10)7(12-13-11)3-2-6(8)9/h2-3H,1H3. The Morgan fingerprint density at radius 1 is 1.64 bits per heavy atom. The van der Waals surface area contributed by atoms with Crippen molar-refractivity contribution in [2.75, 3.05) is 7.11 Å². The molecule has 1 aromatic carbocycles. The molecule has 0 aliphatic rings. The Hall–Kier alpha value is -1.70. The first-order chi connectivity index (χ1) is 6.74. The molecule has 5 nitrogen and oxygen atoms in total. The van der Waals surface area contributed by atoms with Crippen molar-refractivity contribution in [2.24, 2.45) is 5.11 Å². The van der Waals surface area contributed by atoms with Crippen LogP contribution < -0.4 is 4.74 Å². The molecular formula is C8H5BrN4O. The molecule has 1 aromatic rings. The van der Waals surface area contributed by atoms with Crippen molar-refractivity contribution in [3.63, 3.8) is 0 Å². The smallest absolute Gasteiger partial charge is 0.151 e. The van der Waals surface area contributed by atoms with Gasteiger partial charge in [0.1, 0.15) is 11.6 Å². The van der Waals surface area contributed by atoms with E-state index in [4.69, 9.17) is 15.5 Å². The predicted molar refractivity (Wildman–Crippen MR) is 54.2 cm³/mol. The quantitative estimate of drug-likeness (QED) is 0.460. The summed E-state index contributed by atoms with van der Waals surface area (Å²) in [6, 6.07) is 5.12. The number of halogens is 1. The van der Waals surface area contributed by atoms with Crippen LogP contribution in [0.1, 0.15) is 5.56 Å². The average Bonchev–Trinajstić information content (AvgIpc) is 2.20. The van der Waals surface area contributed by atoms with Gasteiger partial charge in [-0.3, -0.25) is 0 Å². The molecule has 6 heteroatoms. The monoisotopic (exact) mass is 252 g/mol. The molecule has 0 amide bonds. The first kappa shape index (κ1) is 10.4. The van der Waals surface area contributed by atoms with Crippen LogP contribution in [0.2, 0.25) is 0 Å². The molecule has 0 spiro atoms. The van der Waals surface area contributed by atoms with Gasteiger partial charge >= 0.3 is 0 Å². The van der Waals surface area contributed by atoms with Gasteiger partial charge in [0.05, 0.1) is 17.3 Å². The van der Waals surface area contributed by atoms with Gasteiger partial charge in [-0.2, -0.15) is 5.26 Å². The predicted octanol–water partition coefficient (Wildman–Crippen LogP) is 3.27. The van der Waals surface area contributed by atoms with Crippen LogP contribution in [-0.2, 0) is 0 Å². The van der Waals surface area contributed by atoms with Crippen LogP contribution in [0.4, 0.5) is 5.69 Å². The van der Waals surface area contributed by atoms with E-state index in [1.165, 1.54) is 7.11 Å². The molecule has 0 radical (unpaired) electrons. The average molecular weight is 253 g/mol. The van der Waals surface area contributed by atoms with Gasteiger partial charge in [-0.1, -0.05) is 5.11 Å². The summed E-state index contributed by atoms with van der Waals surface area (Å²) in [4.78, 5) is 2.62. The number of nitriles is 1. The van der Waals surface area contributed by atoms with Crippen LogP contribution in [0.5, 0.6) is 5.75 Å². The van der Waals surface area contributed by atoms with Gasteiger partial charge in [0.25, 0.3) is 0 Å². The normalized spacial score (nSPS) is 8.64. The van der Waals surface area contributed by atoms with E-state index in [1.54, 1.807) is 12.1 Å². The van der Waals surface area contributed by atoms with Gasteiger partial charge in [0, 0.05) is 4.91 Å². The summed E-state index contributed by atoms with van der Waals surface area (Å²) in [5.41, 5.74) is 8.75. The molecule has 0 fully saturated rings. The Balaban J connectivity index is 3.50. The zero-order chi connectivity index (χ0) is 10.6. The van der Waals surface area contributed by atoms with Crippen molar-refractivity contribution >= 4 is 21.6 Å². The van der Waals surface area contributed by atoms with E-state index >= 15 is 0 Å². The highest BCUT2D eigenvalue weighted by Gasteiger charge is 2.10. The lowest BCUT2D eigenvalue weighted by molar-refractivity contribution is 0.411. The summed E-state index contributed by atoms with van der Waals surface area (Å²) in [7, 11) is 1.45. The van der Waals surface area contributed by atoms with Gasteiger partial charge in [-0.25, -0.2) is 0 Å². The Morgan fingerprint density at radius 2 is 2.36 bits per heavy atom. The summed E-state index contributed by atoms with van der Waals surface area (Å²) < 4.78 is 5.65. The lowest BCUT2D eigenvalue weighted by Crippen LogP contribution is -1.89. The van der Waals surface area contributed by atoms with E-state index in [-0.39, 0.29) is 11.3 Å². The Kier molecular flexibility index (Phi) is 3.35. The molecule has 0 saturated heterocycles. The van der Waals surface area contributed by atoms with Gasteiger partial charge in [-0.05, 0) is 33.6 Å². The van der Waals surface area contributed by atoms with E-state index in [0.717, 1.165) is 0 Å². The molecule has 0 saturated carbocycles. The maximum absolute atomic E-state index is 8.85. The third-order valence-corrected chi connectivity index (χ3v) is 2.18. The second-order valence-corrected chi connectivity index (χ2v) is 3.13. The highest BCUT2D eigenvalue weighted by molar-refractivity contribution is 9.10. The van der Waals surface area contributed by atoms with Gasteiger partial charge in [0.15, 0.2) is 5.75 Å². The van der Waals surface area contributed by atoms with Crippen LogP contribution in [-0.4, -0.2) is 7.11 Å². The molecule has 14 heavy (non-hydrogen) atoms. The molecule has 0 heterocycles. The van der Waals surface area contributed by atoms with Crippen molar-refractivity contribution in [3.8, 4) is 11.8 Å². The highest BCUT2D eigenvalue weighted by Crippen LogP contribution is 2.34. The van der Waals surface area contributed by atoms with E-state index in [9.17, 15) is 0 Å². The van der Waals surface area contributed by atoms with Gasteiger partial charge in [-0.15, -0.1) is 0 Å². The molecule has 0 N–H and O–H groups in total. The largest absolute Gasteiger partial charge is 0.494 e. The summed E-state index contributed by atoms with van der Waals surface area (Å²) >= 11 is 3.22. The van der Waals surface area contributed by atoms with Crippen molar-refractivity contribution in [3.05, 3.63) is 32.6 Å². The van der Waals surface area contributed by atoms with Gasteiger partial charge in [0.2, 0.25) is 0 Å². The minimum Gasteiger partial charge on any atom is -0.494 e. The van der Waals surface area contributed by atoms with Crippen molar-refractivity contribution in [2.45, 2.75) is 0 Å². The first-order valence-corrected chi connectivity index (χ1v) is 4.35. The molecule has 0 aromatic heterocycles. The summed E-state index contributed by atoms with van der Waals surface area (Å²) in [5.74, 6) is 0.373. The van der Waals surface area contributed by atoms with Gasteiger partial charge < -0.3 is 4.74 Å². The van der Waals surface area contributed by atoms with Crippen LogP contribution in [0.3, 0.4) is 0 Å². The third kappa shape index (κ3) is 1.79. The number of nitrogens with zero attached hydrogens (tertiary/aromatic N) is 4. The fourth-order valence-corrected chi connectivity index (χ4v) is 1.48. The van der Waals surface area contributed by atoms with Crippen molar-refractivity contribution < 1.29 is 4.74 Å². The maximum Gasteiger partial charge on any atom is 0.151 e. The van der Waals surface area contributed by atoms with E-state index < -0.39 is 0 Å². The zero-order valence-electron chi connectivity index (χ0n) is 7.23. The summed E-state index contributed by atoms with van der Waals surface area (Å²) in [6.07, 6.45) is 0. The van der Waals surface area contributed by atoms with Crippen LogP contribution in [0.15, 0.2) is 21.7 Å². The Morgan fingerprint density at radius 3 is 2.86 bits per heavy atom. The van der Waals surface area contributed by atoms with Crippen LogP contribution >= 0.6 is 15.9 Å². The third-order valence-electron chi connectivity index (χ3n) is 1.56. The second-order valence-electron chi connectivity index (χ2n) is 2.28.